The summed E-state index contributed by atoms with van der Waals surface area (Å²) in [6, 6.07) is 9.94. The van der Waals surface area contributed by atoms with Gasteiger partial charge >= 0.3 is 0 Å². The zero-order chi connectivity index (χ0) is 20.4. The Labute approximate surface area is 175 Å². The normalized spacial score (nSPS) is 14.6. The maximum atomic E-state index is 12.6. The summed E-state index contributed by atoms with van der Waals surface area (Å²) in [7, 11) is 0. The maximum Gasteiger partial charge on any atom is 0.260 e. The Kier molecular flexibility index (Phi) is 5.67. The minimum atomic E-state index is 0.0289. The van der Waals surface area contributed by atoms with Crippen LogP contribution in [0.2, 0.25) is 0 Å². The molecule has 1 aliphatic heterocycles. The number of fused-ring (bicyclic) bond motifs is 1. The van der Waals surface area contributed by atoms with Crippen molar-refractivity contribution in [1.82, 2.24) is 14.9 Å². The highest BCUT2D eigenvalue weighted by Gasteiger charge is 2.23. The van der Waals surface area contributed by atoms with Crippen molar-refractivity contribution in [2.45, 2.75) is 26.7 Å². The minimum absolute atomic E-state index is 0.0289. The first kappa shape index (κ1) is 19.6. The number of anilines is 1. The Morgan fingerprint density at radius 2 is 2.00 bits per heavy atom. The summed E-state index contributed by atoms with van der Waals surface area (Å²) in [5, 5.41) is 0.975. The molecule has 3 aromatic rings. The van der Waals surface area contributed by atoms with E-state index in [-0.39, 0.29) is 12.5 Å². The van der Waals surface area contributed by atoms with Gasteiger partial charge in [0.05, 0.1) is 0 Å². The first-order valence-electron chi connectivity index (χ1n) is 9.99. The zero-order valence-corrected chi connectivity index (χ0v) is 17.9. The van der Waals surface area contributed by atoms with E-state index in [0.29, 0.717) is 19.0 Å². The van der Waals surface area contributed by atoms with Crippen LogP contribution in [0.15, 0.2) is 36.5 Å². The van der Waals surface area contributed by atoms with Crippen LogP contribution in [0, 0.1) is 6.92 Å². The van der Waals surface area contributed by atoms with Gasteiger partial charge in [-0.3, -0.25) is 4.79 Å². The molecular weight excluding hydrogens is 384 g/mol. The monoisotopic (exact) mass is 410 g/mol. The zero-order valence-electron chi connectivity index (χ0n) is 17.1. The van der Waals surface area contributed by atoms with Crippen LogP contribution in [0.3, 0.4) is 0 Å². The molecule has 7 heteroatoms. The van der Waals surface area contributed by atoms with Crippen LogP contribution in [-0.2, 0) is 4.79 Å². The molecule has 0 saturated carbocycles. The summed E-state index contributed by atoms with van der Waals surface area (Å²) in [4.78, 5) is 26.7. The van der Waals surface area contributed by atoms with E-state index in [1.54, 1.807) is 17.5 Å². The van der Waals surface area contributed by atoms with Crippen LogP contribution < -0.4 is 9.64 Å². The van der Waals surface area contributed by atoms with E-state index < -0.39 is 0 Å². The van der Waals surface area contributed by atoms with Crippen LogP contribution in [0.1, 0.15) is 30.9 Å². The lowest BCUT2D eigenvalue weighted by Crippen LogP contribution is -2.50. The van der Waals surface area contributed by atoms with Crippen molar-refractivity contribution in [2.24, 2.45) is 0 Å². The molecular formula is C22H26N4O2S. The number of thiazole rings is 1. The van der Waals surface area contributed by atoms with Gasteiger partial charge in [0.25, 0.3) is 5.91 Å². The van der Waals surface area contributed by atoms with Crippen molar-refractivity contribution in [3.63, 3.8) is 0 Å². The number of hydrogen-bond donors (Lipinski definition) is 0. The van der Waals surface area contributed by atoms with Crippen molar-refractivity contribution in [3.05, 3.63) is 47.7 Å². The van der Waals surface area contributed by atoms with Crippen LogP contribution in [0.5, 0.6) is 5.75 Å². The van der Waals surface area contributed by atoms with E-state index in [4.69, 9.17) is 4.74 Å². The first-order valence-corrected chi connectivity index (χ1v) is 10.8. The largest absolute Gasteiger partial charge is 0.484 e. The molecule has 2 aromatic heterocycles. The van der Waals surface area contributed by atoms with Crippen molar-refractivity contribution in [3.8, 4) is 5.75 Å². The minimum Gasteiger partial charge on any atom is -0.484 e. The SMILES string of the molecule is Cc1cc(OCC(=O)N2CCN(c3nc4cccnc4s3)CC2)ccc1C(C)C. The summed E-state index contributed by atoms with van der Waals surface area (Å²) in [6.07, 6.45) is 1.79. The topological polar surface area (TPSA) is 58.6 Å². The Balaban J connectivity index is 1.30. The van der Waals surface area contributed by atoms with Gasteiger partial charge in [-0.25, -0.2) is 9.97 Å². The van der Waals surface area contributed by atoms with Crippen molar-refractivity contribution in [1.29, 1.82) is 0 Å². The second kappa shape index (κ2) is 8.37. The Morgan fingerprint density at radius 3 is 2.69 bits per heavy atom. The first-order chi connectivity index (χ1) is 14.0. The third-order valence-corrected chi connectivity index (χ3v) is 6.32. The molecule has 4 rings (SSSR count). The molecule has 1 aromatic carbocycles. The molecule has 1 saturated heterocycles. The molecule has 1 aliphatic rings. The van der Waals surface area contributed by atoms with Gasteiger partial charge in [-0.2, -0.15) is 0 Å². The maximum absolute atomic E-state index is 12.6. The summed E-state index contributed by atoms with van der Waals surface area (Å²) in [5.74, 6) is 1.26. The molecule has 152 valence electrons. The number of ether oxygens (including phenoxy) is 1. The van der Waals surface area contributed by atoms with Crippen molar-refractivity contribution >= 4 is 32.7 Å². The highest BCUT2D eigenvalue weighted by Crippen LogP contribution is 2.28. The number of hydrogen-bond acceptors (Lipinski definition) is 6. The molecule has 0 aliphatic carbocycles. The van der Waals surface area contributed by atoms with Gasteiger partial charge in [0.2, 0.25) is 0 Å². The molecule has 3 heterocycles. The summed E-state index contributed by atoms with van der Waals surface area (Å²) < 4.78 is 5.76. The van der Waals surface area contributed by atoms with Gasteiger partial charge in [-0.1, -0.05) is 31.3 Å². The second-order valence-electron chi connectivity index (χ2n) is 7.65. The second-order valence-corrected chi connectivity index (χ2v) is 8.61. The van der Waals surface area contributed by atoms with Crippen LogP contribution in [0.4, 0.5) is 5.13 Å². The number of piperazine rings is 1. The fourth-order valence-electron chi connectivity index (χ4n) is 3.66. The van der Waals surface area contributed by atoms with Gasteiger partial charge in [0, 0.05) is 32.4 Å². The highest BCUT2D eigenvalue weighted by atomic mass is 32.1. The Hall–Kier alpha value is -2.67. The van der Waals surface area contributed by atoms with Crippen molar-refractivity contribution < 1.29 is 9.53 Å². The summed E-state index contributed by atoms with van der Waals surface area (Å²) in [5.41, 5.74) is 3.44. The van der Waals surface area contributed by atoms with Crippen molar-refractivity contribution in [2.75, 3.05) is 37.7 Å². The molecule has 1 amide bonds. The molecule has 0 unspecified atom stereocenters. The van der Waals surface area contributed by atoms with Gasteiger partial charge in [0.15, 0.2) is 11.7 Å². The lowest BCUT2D eigenvalue weighted by Gasteiger charge is -2.34. The van der Waals surface area contributed by atoms with Gasteiger partial charge in [-0.15, -0.1) is 0 Å². The number of pyridine rings is 1. The van der Waals surface area contributed by atoms with E-state index in [1.807, 2.05) is 29.2 Å². The number of aromatic nitrogens is 2. The lowest BCUT2D eigenvalue weighted by molar-refractivity contribution is -0.133. The predicted octanol–water partition coefficient (Wildman–Crippen LogP) is 3.85. The predicted molar refractivity (Wildman–Crippen MR) is 117 cm³/mol. The average Bonchev–Trinajstić information content (AvgIpc) is 3.16. The van der Waals surface area contributed by atoms with Gasteiger partial charge in [0.1, 0.15) is 16.1 Å². The van der Waals surface area contributed by atoms with E-state index in [1.165, 1.54) is 11.1 Å². The fourth-order valence-corrected chi connectivity index (χ4v) is 4.62. The van der Waals surface area contributed by atoms with E-state index in [0.717, 1.165) is 34.3 Å². The van der Waals surface area contributed by atoms with Crippen LogP contribution in [0.25, 0.3) is 10.3 Å². The molecule has 29 heavy (non-hydrogen) atoms. The lowest BCUT2D eigenvalue weighted by atomic mass is 9.98. The Morgan fingerprint density at radius 1 is 1.21 bits per heavy atom. The Bertz CT molecular complexity index is 976. The third kappa shape index (κ3) is 4.34. The molecule has 0 radical (unpaired) electrons. The van der Waals surface area contributed by atoms with E-state index >= 15 is 0 Å². The third-order valence-electron chi connectivity index (χ3n) is 5.28. The smallest absolute Gasteiger partial charge is 0.260 e. The van der Waals surface area contributed by atoms with Gasteiger partial charge in [-0.05, 0) is 48.2 Å². The number of benzene rings is 1. The quantitative estimate of drug-likeness (QED) is 0.639. The molecule has 0 atom stereocenters. The van der Waals surface area contributed by atoms with E-state index in [9.17, 15) is 4.79 Å². The number of carbonyl (C=O) groups is 1. The number of carbonyl (C=O) groups excluding carboxylic acids is 1. The molecule has 0 N–H and O–H groups in total. The van der Waals surface area contributed by atoms with E-state index in [2.05, 4.69) is 41.7 Å². The van der Waals surface area contributed by atoms with Gasteiger partial charge < -0.3 is 14.5 Å². The van der Waals surface area contributed by atoms with Crippen LogP contribution in [-0.4, -0.2) is 53.6 Å². The highest BCUT2D eigenvalue weighted by molar-refractivity contribution is 7.21. The number of nitrogens with zero attached hydrogens (tertiary/aromatic N) is 4. The molecule has 6 nitrogen and oxygen atoms in total. The standard InChI is InChI=1S/C22H26N4O2S/c1-15(2)18-7-6-17(13-16(18)3)28-14-20(27)25-9-11-26(12-10-25)22-24-19-5-4-8-23-21(19)29-22/h4-8,13,15H,9-12,14H2,1-3H3. The summed E-state index contributed by atoms with van der Waals surface area (Å²) in [6.45, 7) is 9.41. The van der Waals surface area contributed by atoms with Crippen LogP contribution >= 0.6 is 11.3 Å². The number of amides is 1. The summed E-state index contributed by atoms with van der Waals surface area (Å²) >= 11 is 1.60. The number of aryl methyl sites for hydroxylation is 1. The molecule has 0 spiro atoms. The molecule has 0 bridgehead atoms. The molecule has 1 fully saturated rings. The number of rotatable bonds is 5. The average molecular weight is 411 g/mol. The fraction of sp³-hybridized carbons (Fsp3) is 0.409.